The van der Waals surface area contributed by atoms with Gasteiger partial charge in [-0.05, 0) is 44.5 Å². The predicted molar refractivity (Wildman–Crippen MR) is 74.2 cm³/mol. The van der Waals surface area contributed by atoms with Gasteiger partial charge in [0.15, 0.2) is 5.78 Å². The first-order valence-electron chi connectivity index (χ1n) is 6.32. The molecule has 0 bridgehead atoms. The Balaban J connectivity index is 2.51. The molecule has 0 fully saturated rings. The van der Waals surface area contributed by atoms with Gasteiger partial charge in [0.2, 0.25) is 0 Å². The Labute approximate surface area is 110 Å². The molecule has 0 N–H and O–H groups in total. The molecule has 0 radical (unpaired) electrons. The van der Waals surface area contributed by atoms with Crippen LogP contribution < -0.4 is 0 Å². The van der Waals surface area contributed by atoms with Crippen molar-refractivity contribution in [2.24, 2.45) is 0 Å². The third kappa shape index (κ3) is 4.59. The molecule has 0 aromatic heterocycles. The van der Waals surface area contributed by atoms with Gasteiger partial charge in [0.1, 0.15) is 0 Å². The summed E-state index contributed by atoms with van der Waals surface area (Å²) < 4.78 is 5.00. The number of ketones is 1. The predicted octanol–water partition coefficient (Wildman–Crippen LogP) is 2.45. The Morgan fingerprint density at radius 1 is 1.28 bits per heavy atom. The van der Waals surface area contributed by atoms with Crippen molar-refractivity contribution in [3.63, 3.8) is 0 Å². The van der Waals surface area contributed by atoms with Gasteiger partial charge in [-0.3, -0.25) is 9.69 Å². The van der Waals surface area contributed by atoms with Gasteiger partial charge in [-0.25, -0.2) is 0 Å². The van der Waals surface area contributed by atoms with E-state index in [4.69, 9.17) is 4.74 Å². The van der Waals surface area contributed by atoms with Crippen LogP contribution in [0.4, 0.5) is 0 Å². The van der Waals surface area contributed by atoms with Gasteiger partial charge < -0.3 is 4.74 Å². The SMILES string of the molecule is COCCCN(C)CC(=O)c1ccc(C)c(C)c1. The van der Waals surface area contributed by atoms with Crippen molar-refractivity contribution in [3.8, 4) is 0 Å². The van der Waals surface area contributed by atoms with E-state index in [1.807, 2.05) is 37.1 Å². The maximum Gasteiger partial charge on any atom is 0.176 e. The molecular weight excluding hydrogens is 226 g/mol. The average Bonchev–Trinajstić information content (AvgIpc) is 2.33. The lowest BCUT2D eigenvalue weighted by molar-refractivity contribution is 0.0938. The number of methoxy groups -OCH3 is 1. The summed E-state index contributed by atoms with van der Waals surface area (Å²) in [6, 6.07) is 5.89. The van der Waals surface area contributed by atoms with E-state index in [0.717, 1.165) is 25.1 Å². The van der Waals surface area contributed by atoms with Crippen LogP contribution in [0.2, 0.25) is 0 Å². The van der Waals surface area contributed by atoms with Crippen LogP contribution in [0.3, 0.4) is 0 Å². The quantitative estimate of drug-likeness (QED) is 0.549. The highest BCUT2D eigenvalue weighted by Crippen LogP contribution is 2.10. The Morgan fingerprint density at radius 2 is 2.00 bits per heavy atom. The number of Topliss-reactive ketones (excluding diaryl/α,β-unsaturated/α-hetero) is 1. The van der Waals surface area contributed by atoms with Gasteiger partial charge in [0.05, 0.1) is 6.54 Å². The minimum atomic E-state index is 0.179. The van der Waals surface area contributed by atoms with Crippen LogP contribution in [0, 0.1) is 13.8 Å². The van der Waals surface area contributed by atoms with E-state index in [1.54, 1.807) is 7.11 Å². The third-order valence-corrected chi connectivity index (χ3v) is 3.13. The summed E-state index contributed by atoms with van der Waals surface area (Å²) in [5.74, 6) is 0.179. The first-order chi connectivity index (χ1) is 8.54. The summed E-state index contributed by atoms with van der Waals surface area (Å²) in [6.45, 7) is 6.17. The fourth-order valence-corrected chi connectivity index (χ4v) is 1.81. The number of carbonyl (C=O) groups excluding carboxylic acids is 1. The molecule has 1 rings (SSSR count). The Morgan fingerprint density at radius 3 is 2.61 bits per heavy atom. The monoisotopic (exact) mass is 249 g/mol. The van der Waals surface area contributed by atoms with Crippen LogP contribution in [0.1, 0.15) is 27.9 Å². The molecule has 0 saturated carbocycles. The van der Waals surface area contributed by atoms with Crippen molar-refractivity contribution in [2.45, 2.75) is 20.3 Å². The topological polar surface area (TPSA) is 29.5 Å². The van der Waals surface area contributed by atoms with Gasteiger partial charge in [0.25, 0.3) is 0 Å². The Hall–Kier alpha value is -1.19. The number of hydrogen-bond donors (Lipinski definition) is 0. The second-order valence-corrected chi connectivity index (χ2v) is 4.81. The molecule has 0 aliphatic carbocycles. The molecular formula is C15H23NO2. The second-order valence-electron chi connectivity index (χ2n) is 4.81. The first kappa shape index (κ1) is 14.9. The fourth-order valence-electron chi connectivity index (χ4n) is 1.81. The minimum absolute atomic E-state index is 0.179. The number of nitrogens with zero attached hydrogens (tertiary/aromatic N) is 1. The van der Waals surface area contributed by atoms with E-state index < -0.39 is 0 Å². The van der Waals surface area contributed by atoms with E-state index in [0.29, 0.717) is 6.54 Å². The summed E-state index contributed by atoms with van der Waals surface area (Å²) in [7, 11) is 3.66. The number of aryl methyl sites for hydroxylation is 2. The molecule has 0 atom stereocenters. The lowest BCUT2D eigenvalue weighted by Gasteiger charge is -2.15. The Bertz CT molecular complexity index is 401. The van der Waals surface area contributed by atoms with Crippen LogP contribution in [0.5, 0.6) is 0 Å². The highest BCUT2D eigenvalue weighted by molar-refractivity contribution is 5.97. The zero-order valence-electron chi connectivity index (χ0n) is 11.8. The van der Waals surface area contributed by atoms with E-state index in [9.17, 15) is 4.79 Å². The first-order valence-corrected chi connectivity index (χ1v) is 6.32. The molecule has 18 heavy (non-hydrogen) atoms. The average molecular weight is 249 g/mol. The smallest absolute Gasteiger partial charge is 0.176 e. The van der Waals surface area contributed by atoms with Gasteiger partial charge in [0, 0.05) is 25.8 Å². The van der Waals surface area contributed by atoms with E-state index in [1.165, 1.54) is 11.1 Å². The van der Waals surface area contributed by atoms with Crippen LogP contribution in [0.15, 0.2) is 18.2 Å². The lowest BCUT2D eigenvalue weighted by Crippen LogP contribution is -2.27. The molecule has 0 saturated heterocycles. The molecule has 0 spiro atoms. The number of rotatable bonds is 7. The lowest BCUT2D eigenvalue weighted by atomic mass is 10.0. The molecule has 3 heteroatoms. The standard InChI is InChI=1S/C15H23NO2/c1-12-6-7-14(10-13(12)2)15(17)11-16(3)8-5-9-18-4/h6-7,10H,5,8-9,11H2,1-4H3. The van der Waals surface area contributed by atoms with Gasteiger partial charge in [-0.15, -0.1) is 0 Å². The Kier molecular flexibility index (Phi) is 6.02. The molecule has 0 amide bonds. The number of ether oxygens (including phenoxy) is 1. The van der Waals surface area contributed by atoms with Crippen LogP contribution >= 0.6 is 0 Å². The zero-order chi connectivity index (χ0) is 13.5. The highest BCUT2D eigenvalue weighted by atomic mass is 16.5. The van der Waals surface area contributed by atoms with Crippen molar-refractivity contribution in [2.75, 3.05) is 33.9 Å². The molecule has 1 aromatic carbocycles. The summed E-state index contributed by atoms with van der Waals surface area (Å²) in [5.41, 5.74) is 3.19. The van der Waals surface area contributed by atoms with Gasteiger partial charge in [-0.1, -0.05) is 12.1 Å². The largest absolute Gasteiger partial charge is 0.385 e. The number of benzene rings is 1. The zero-order valence-corrected chi connectivity index (χ0v) is 11.8. The molecule has 0 unspecified atom stereocenters. The number of hydrogen-bond acceptors (Lipinski definition) is 3. The minimum Gasteiger partial charge on any atom is -0.385 e. The van der Waals surface area contributed by atoms with Gasteiger partial charge in [-0.2, -0.15) is 0 Å². The summed E-state index contributed by atoms with van der Waals surface area (Å²) in [4.78, 5) is 14.1. The third-order valence-electron chi connectivity index (χ3n) is 3.13. The second kappa shape index (κ2) is 7.29. The molecule has 0 aliphatic heterocycles. The fraction of sp³-hybridized carbons (Fsp3) is 0.533. The maximum absolute atomic E-state index is 12.1. The highest BCUT2D eigenvalue weighted by Gasteiger charge is 2.09. The summed E-state index contributed by atoms with van der Waals surface area (Å²) in [5, 5.41) is 0. The number of likely N-dealkylation sites (N-methyl/N-ethyl adjacent to an activating group) is 1. The van der Waals surface area contributed by atoms with Crippen molar-refractivity contribution in [3.05, 3.63) is 34.9 Å². The molecule has 1 aromatic rings. The van der Waals surface area contributed by atoms with E-state index >= 15 is 0 Å². The van der Waals surface area contributed by atoms with Crippen LogP contribution in [-0.4, -0.2) is 44.5 Å². The van der Waals surface area contributed by atoms with Gasteiger partial charge >= 0.3 is 0 Å². The van der Waals surface area contributed by atoms with Crippen molar-refractivity contribution in [1.29, 1.82) is 0 Å². The summed E-state index contributed by atoms with van der Waals surface area (Å²) >= 11 is 0. The molecule has 0 heterocycles. The van der Waals surface area contributed by atoms with Crippen LogP contribution in [0.25, 0.3) is 0 Å². The molecule has 0 aliphatic rings. The van der Waals surface area contributed by atoms with Crippen molar-refractivity contribution >= 4 is 5.78 Å². The van der Waals surface area contributed by atoms with Crippen molar-refractivity contribution < 1.29 is 9.53 Å². The molecule has 3 nitrogen and oxygen atoms in total. The summed E-state index contributed by atoms with van der Waals surface area (Å²) in [6.07, 6.45) is 0.952. The maximum atomic E-state index is 12.1. The van der Waals surface area contributed by atoms with E-state index in [-0.39, 0.29) is 5.78 Å². The molecule has 100 valence electrons. The number of carbonyl (C=O) groups is 1. The van der Waals surface area contributed by atoms with E-state index in [2.05, 4.69) is 6.92 Å². The normalized spacial score (nSPS) is 10.9. The van der Waals surface area contributed by atoms with Crippen molar-refractivity contribution in [1.82, 2.24) is 4.90 Å². The van der Waals surface area contributed by atoms with Crippen LogP contribution in [-0.2, 0) is 4.74 Å².